The number of nitrogens with one attached hydrogen (secondary N) is 3. The quantitative estimate of drug-likeness (QED) is 0.644. The summed E-state index contributed by atoms with van der Waals surface area (Å²) in [6, 6.07) is 14.6. The van der Waals surface area contributed by atoms with Crippen molar-refractivity contribution in [3.63, 3.8) is 0 Å². The van der Waals surface area contributed by atoms with Gasteiger partial charge in [0.15, 0.2) is 0 Å². The normalized spacial score (nSPS) is 10.2. The van der Waals surface area contributed by atoms with Crippen LogP contribution in [-0.4, -0.2) is 38.6 Å². The lowest BCUT2D eigenvalue weighted by molar-refractivity contribution is -0.114. The third-order valence-corrected chi connectivity index (χ3v) is 3.50. The molecule has 0 bridgehead atoms. The highest BCUT2D eigenvalue weighted by molar-refractivity contribution is 5.98. The van der Waals surface area contributed by atoms with Gasteiger partial charge in [-0.05, 0) is 37.3 Å². The fourth-order valence-corrected chi connectivity index (χ4v) is 2.17. The van der Waals surface area contributed by atoms with Crippen LogP contribution in [0.1, 0.15) is 15.9 Å². The van der Waals surface area contributed by atoms with Gasteiger partial charge in [-0.1, -0.05) is 23.8 Å². The summed E-state index contributed by atoms with van der Waals surface area (Å²) < 4.78 is 4.90. The SMILES string of the molecule is COCCNC(=O)c1cccc(NC(=O)CNc2ccc(C)cc2)c1. The largest absolute Gasteiger partial charge is 0.383 e. The molecule has 0 spiro atoms. The fourth-order valence-electron chi connectivity index (χ4n) is 2.17. The lowest BCUT2D eigenvalue weighted by Crippen LogP contribution is -2.27. The van der Waals surface area contributed by atoms with Crippen LogP contribution >= 0.6 is 0 Å². The molecule has 2 rings (SSSR count). The molecule has 2 aromatic carbocycles. The number of rotatable bonds is 8. The van der Waals surface area contributed by atoms with Crippen LogP contribution in [-0.2, 0) is 9.53 Å². The summed E-state index contributed by atoms with van der Waals surface area (Å²) in [6.45, 7) is 3.04. The minimum Gasteiger partial charge on any atom is -0.383 e. The highest BCUT2D eigenvalue weighted by Crippen LogP contribution is 2.11. The van der Waals surface area contributed by atoms with Gasteiger partial charge in [-0.15, -0.1) is 0 Å². The van der Waals surface area contributed by atoms with Crippen molar-refractivity contribution >= 4 is 23.2 Å². The van der Waals surface area contributed by atoms with E-state index in [4.69, 9.17) is 4.74 Å². The molecule has 2 aromatic rings. The Morgan fingerprint density at radius 2 is 1.80 bits per heavy atom. The van der Waals surface area contributed by atoms with Crippen LogP contribution in [0.2, 0.25) is 0 Å². The maximum absolute atomic E-state index is 12.1. The van der Waals surface area contributed by atoms with Crippen molar-refractivity contribution in [1.29, 1.82) is 0 Å². The van der Waals surface area contributed by atoms with E-state index in [9.17, 15) is 9.59 Å². The number of hydrogen-bond acceptors (Lipinski definition) is 4. The second-order valence-corrected chi connectivity index (χ2v) is 5.60. The first-order valence-corrected chi connectivity index (χ1v) is 8.06. The number of amides is 2. The molecule has 2 amide bonds. The zero-order valence-corrected chi connectivity index (χ0v) is 14.5. The Morgan fingerprint density at radius 1 is 1.04 bits per heavy atom. The van der Waals surface area contributed by atoms with Crippen LogP contribution < -0.4 is 16.0 Å². The summed E-state index contributed by atoms with van der Waals surface area (Å²) in [5, 5.41) is 8.58. The van der Waals surface area contributed by atoms with E-state index in [2.05, 4.69) is 16.0 Å². The zero-order chi connectivity index (χ0) is 18.1. The number of methoxy groups -OCH3 is 1. The molecule has 6 nitrogen and oxygen atoms in total. The second-order valence-electron chi connectivity index (χ2n) is 5.60. The Kier molecular flexibility index (Phi) is 6.98. The maximum Gasteiger partial charge on any atom is 0.251 e. The standard InChI is InChI=1S/C19H23N3O3/c1-14-6-8-16(9-7-14)21-13-18(23)22-17-5-3-4-15(12-17)19(24)20-10-11-25-2/h3-9,12,21H,10-11,13H2,1-2H3,(H,20,24)(H,22,23). The number of carbonyl (C=O) groups excluding carboxylic acids is 2. The monoisotopic (exact) mass is 341 g/mol. The molecule has 0 heterocycles. The van der Waals surface area contributed by atoms with Gasteiger partial charge in [0.1, 0.15) is 0 Å². The predicted octanol–water partition coefficient (Wildman–Crippen LogP) is 2.42. The van der Waals surface area contributed by atoms with Gasteiger partial charge >= 0.3 is 0 Å². The van der Waals surface area contributed by atoms with E-state index < -0.39 is 0 Å². The smallest absolute Gasteiger partial charge is 0.251 e. The average Bonchev–Trinajstić information content (AvgIpc) is 2.61. The molecule has 3 N–H and O–H groups in total. The molecule has 25 heavy (non-hydrogen) atoms. The van der Waals surface area contributed by atoms with Crippen molar-refractivity contribution < 1.29 is 14.3 Å². The Hall–Kier alpha value is -2.86. The molecule has 0 aliphatic carbocycles. The summed E-state index contributed by atoms with van der Waals surface area (Å²) in [5.41, 5.74) is 3.11. The maximum atomic E-state index is 12.1. The van der Waals surface area contributed by atoms with Crippen LogP contribution in [0.4, 0.5) is 11.4 Å². The van der Waals surface area contributed by atoms with E-state index in [-0.39, 0.29) is 18.4 Å². The first-order chi connectivity index (χ1) is 12.1. The number of anilines is 2. The molecule has 0 aliphatic heterocycles. The topological polar surface area (TPSA) is 79.5 Å². The van der Waals surface area contributed by atoms with Crippen molar-refractivity contribution in [2.24, 2.45) is 0 Å². The Balaban J connectivity index is 1.86. The van der Waals surface area contributed by atoms with Crippen molar-refractivity contribution in [2.45, 2.75) is 6.92 Å². The Labute approximate surface area is 147 Å². The van der Waals surface area contributed by atoms with Crippen LogP contribution in [0.25, 0.3) is 0 Å². The van der Waals surface area contributed by atoms with Crippen LogP contribution in [0.3, 0.4) is 0 Å². The summed E-state index contributed by atoms with van der Waals surface area (Å²) in [5.74, 6) is -0.386. The minimum absolute atomic E-state index is 0.146. The molecule has 0 aliphatic rings. The van der Waals surface area contributed by atoms with Gasteiger partial charge in [0, 0.05) is 30.6 Å². The molecular weight excluding hydrogens is 318 g/mol. The first kappa shape index (κ1) is 18.5. The molecule has 0 unspecified atom stereocenters. The lowest BCUT2D eigenvalue weighted by Gasteiger charge is -2.10. The van der Waals surface area contributed by atoms with Gasteiger partial charge in [0.05, 0.1) is 13.2 Å². The van der Waals surface area contributed by atoms with Crippen LogP contribution in [0, 0.1) is 6.92 Å². The number of aryl methyl sites for hydroxylation is 1. The van der Waals surface area contributed by atoms with E-state index in [0.717, 1.165) is 11.3 Å². The third-order valence-electron chi connectivity index (χ3n) is 3.50. The van der Waals surface area contributed by atoms with E-state index in [0.29, 0.717) is 24.4 Å². The number of benzene rings is 2. The van der Waals surface area contributed by atoms with Gasteiger partial charge in [0.25, 0.3) is 5.91 Å². The Morgan fingerprint density at radius 3 is 2.52 bits per heavy atom. The van der Waals surface area contributed by atoms with Gasteiger partial charge in [0.2, 0.25) is 5.91 Å². The number of ether oxygens (including phenoxy) is 1. The highest BCUT2D eigenvalue weighted by atomic mass is 16.5. The van der Waals surface area contributed by atoms with Crippen molar-refractivity contribution in [1.82, 2.24) is 5.32 Å². The molecule has 0 fully saturated rings. The number of carbonyl (C=O) groups is 2. The summed E-state index contributed by atoms with van der Waals surface area (Å²) in [7, 11) is 1.58. The molecule has 0 aromatic heterocycles. The summed E-state index contributed by atoms with van der Waals surface area (Å²) in [4.78, 5) is 24.1. The van der Waals surface area contributed by atoms with E-state index >= 15 is 0 Å². The fraction of sp³-hybridized carbons (Fsp3) is 0.263. The van der Waals surface area contributed by atoms with Crippen LogP contribution in [0.5, 0.6) is 0 Å². The summed E-state index contributed by atoms with van der Waals surface area (Å²) in [6.07, 6.45) is 0. The second kappa shape index (κ2) is 9.44. The number of hydrogen-bond donors (Lipinski definition) is 3. The van der Waals surface area contributed by atoms with Crippen molar-refractivity contribution in [3.8, 4) is 0 Å². The van der Waals surface area contributed by atoms with E-state index in [1.165, 1.54) is 0 Å². The van der Waals surface area contributed by atoms with Gasteiger partial charge in [-0.3, -0.25) is 9.59 Å². The van der Waals surface area contributed by atoms with E-state index in [1.807, 2.05) is 31.2 Å². The van der Waals surface area contributed by atoms with Crippen molar-refractivity contribution in [3.05, 3.63) is 59.7 Å². The minimum atomic E-state index is -0.203. The highest BCUT2D eigenvalue weighted by Gasteiger charge is 2.07. The molecule has 0 radical (unpaired) electrons. The zero-order valence-electron chi connectivity index (χ0n) is 14.5. The van der Waals surface area contributed by atoms with E-state index in [1.54, 1.807) is 31.4 Å². The van der Waals surface area contributed by atoms with Gasteiger partial charge in [-0.2, -0.15) is 0 Å². The molecule has 0 saturated heterocycles. The molecule has 0 atom stereocenters. The van der Waals surface area contributed by atoms with Gasteiger partial charge in [-0.25, -0.2) is 0 Å². The third kappa shape index (κ3) is 6.27. The molecular formula is C19H23N3O3. The lowest BCUT2D eigenvalue weighted by atomic mass is 10.2. The molecule has 0 saturated carbocycles. The average molecular weight is 341 g/mol. The predicted molar refractivity (Wildman–Crippen MR) is 98.9 cm³/mol. The first-order valence-electron chi connectivity index (χ1n) is 8.06. The van der Waals surface area contributed by atoms with Crippen molar-refractivity contribution in [2.75, 3.05) is 37.4 Å². The van der Waals surface area contributed by atoms with Gasteiger partial charge < -0.3 is 20.7 Å². The molecule has 132 valence electrons. The summed E-state index contributed by atoms with van der Waals surface area (Å²) >= 11 is 0. The Bertz CT molecular complexity index is 714. The molecule has 6 heteroatoms. The van der Waals surface area contributed by atoms with Crippen LogP contribution in [0.15, 0.2) is 48.5 Å².